The number of carboxylic acid groups (broad SMARTS) is 1. The molecule has 0 unspecified atom stereocenters. The molecule has 1 N–H and O–H groups in total. The number of carboxylic acids is 1. The molecule has 0 aliphatic rings. The molecule has 0 saturated carbocycles. The molecular weight excluding hydrogens is 248 g/mol. The van der Waals surface area contributed by atoms with Crippen LogP contribution in [0.2, 0.25) is 0 Å². The highest BCUT2D eigenvalue weighted by Crippen LogP contribution is 2.25. The highest BCUT2D eigenvalue weighted by Gasteiger charge is 2.17. The van der Waals surface area contributed by atoms with Crippen molar-refractivity contribution < 1.29 is 14.8 Å². The number of nitro benzene ring substituents is 1. The van der Waals surface area contributed by atoms with Gasteiger partial charge in [0.1, 0.15) is 6.54 Å². The highest BCUT2D eigenvalue weighted by atomic mass is 16.6. The Morgan fingerprint density at radius 2 is 2.11 bits per heavy atom. The van der Waals surface area contributed by atoms with Crippen LogP contribution in [0.1, 0.15) is 19.4 Å². The topological polar surface area (TPSA) is 83.7 Å². The van der Waals surface area contributed by atoms with E-state index in [1.54, 1.807) is 24.0 Å². The van der Waals surface area contributed by atoms with Crippen LogP contribution in [0.3, 0.4) is 0 Å². The summed E-state index contributed by atoms with van der Waals surface area (Å²) in [7, 11) is 0. The molecule has 0 bridgehead atoms. The molecule has 0 radical (unpaired) electrons. The molecule has 0 aromatic heterocycles. The average molecular weight is 266 g/mol. The monoisotopic (exact) mass is 266 g/mol. The maximum atomic E-state index is 10.9. The minimum Gasteiger partial charge on any atom is -0.480 e. The number of hydrogen-bond acceptors (Lipinski definition) is 4. The summed E-state index contributed by atoms with van der Waals surface area (Å²) in [4.78, 5) is 23.0. The molecule has 6 heteroatoms. The molecule has 0 aliphatic heterocycles. The number of carbonyl (C=O) groups is 1. The Bertz CT molecular complexity index is 486. The van der Waals surface area contributed by atoms with Crippen molar-refractivity contribution >= 4 is 17.3 Å². The molecule has 6 nitrogen and oxygen atoms in total. The van der Waals surface area contributed by atoms with Crippen molar-refractivity contribution in [2.24, 2.45) is 5.92 Å². The van der Waals surface area contributed by atoms with E-state index >= 15 is 0 Å². The fraction of sp³-hybridized carbons (Fsp3) is 0.462. The van der Waals surface area contributed by atoms with Gasteiger partial charge in [0.15, 0.2) is 0 Å². The molecule has 1 aromatic rings. The number of anilines is 1. The van der Waals surface area contributed by atoms with Crippen molar-refractivity contribution in [2.75, 3.05) is 18.0 Å². The summed E-state index contributed by atoms with van der Waals surface area (Å²) in [6, 6.07) is 4.79. The lowest BCUT2D eigenvalue weighted by Crippen LogP contribution is -2.33. The number of aliphatic carboxylic acids is 1. The number of aryl methyl sites for hydroxylation is 1. The lowest BCUT2D eigenvalue weighted by Gasteiger charge is -2.24. The predicted octanol–water partition coefficient (Wildman–Crippen LogP) is 2.45. The second kappa shape index (κ2) is 6.17. The predicted molar refractivity (Wildman–Crippen MR) is 72.5 cm³/mol. The highest BCUT2D eigenvalue weighted by molar-refractivity contribution is 5.74. The third kappa shape index (κ3) is 4.24. The van der Waals surface area contributed by atoms with Gasteiger partial charge in [-0.3, -0.25) is 14.9 Å². The number of nitrogens with zero attached hydrogens (tertiary/aromatic N) is 2. The van der Waals surface area contributed by atoms with E-state index in [9.17, 15) is 14.9 Å². The molecule has 0 saturated heterocycles. The Morgan fingerprint density at radius 3 is 2.58 bits per heavy atom. The molecule has 1 rings (SSSR count). The van der Waals surface area contributed by atoms with E-state index < -0.39 is 10.9 Å². The number of nitro groups is 1. The largest absolute Gasteiger partial charge is 0.480 e. The van der Waals surface area contributed by atoms with Gasteiger partial charge in [-0.05, 0) is 18.9 Å². The first-order valence-corrected chi connectivity index (χ1v) is 6.03. The normalized spacial score (nSPS) is 10.5. The Balaban J connectivity index is 3.11. The molecule has 0 amide bonds. The van der Waals surface area contributed by atoms with Gasteiger partial charge in [-0.1, -0.05) is 19.9 Å². The minimum absolute atomic E-state index is 0.0108. The van der Waals surface area contributed by atoms with Crippen LogP contribution in [-0.4, -0.2) is 29.1 Å². The van der Waals surface area contributed by atoms with Crippen molar-refractivity contribution in [3.05, 3.63) is 33.9 Å². The number of benzene rings is 1. The molecular formula is C13H18N2O4. The molecule has 104 valence electrons. The van der Waals surface area contributed by atoms with E-state index in [1.807, 2.05) is 13.8 Å². The Hall–Kier alpha value is -2.11. The summed E-state index contributed by atoms with van der Waals surface area (Å²) in [6.45, 7) is 5.96. The third-order valence-corrected chi connectivity index (χ3v) is 2.67. The summed E-state index contributed by atoms with van der Waals surface area (Å²) in [5, 5.41) is 19.8. The van der Waals surface area contributed by atoms with Crippen LogP contribution in [0, 0.1) is 23.0 Å². The first kappa shape index (κ1) is 14.9. The van der Waals surface area contributed by atoms with Crippen LogP contribution in [0.4, 0.5) is 11.4 Å². The van der Waals surface area contributed by atoms with Gasteiger partial charge in [-0.15, -0.1) is 0 Å². The quantitative estimate of drug-likeness (QED) is 0.631. The Kier molecular flexibility index (Phi) is 4.86. The Labute approximate surface area is 111 Å². The van der Waals surface area contributed by atoms with E-state index in [2.05, 4.69) is 0 Å². The fourth-order valence-corrected chi connectivity index (χ4v) is 1.86. The zero-order valence-corrected chi connectivity index (χ0v) is 11.3. The molecule has 1 aromatic carbocycles. The van der Waals surface area contributed by atoms with Crippen molar-refractivity contribution in [1.29, 1.82) is 0 Å². The van der Waals surface area contributed by atoms with Crippen LogP contribution >= 0.6 is 0 Å². The molecule has 0 atom stereocenters. The smallest absolute Gasteiger partial charge is 0.323 e. The van der Waals surface area contributed by atoms with Crippen LogP contribution < -0.4 is 4.90 Å². The first-order valence-electron chi connectivity index (χ1n) is 6.03. The van der Waals surface area contributed by atoms with Gasteiger partial charge >= 0.3 is 5.97 Å². The van der Waals surface area contributed by atoms with Crippen molar-refractivity contribution in [2.45, 2.75) is 20.8 Å². The third-order valence-electron chi connectivity index (χ3n) is 2.67. The van der Waals surface area contributed by atoms with Crippen molar-refractivity contribution in [3.8, 4) is 0 Å². The van der Waals surface area contributed by atoms with E-state index in [4.69, 9.17) is 5.11 Å². The second-order valence-electron chi connectivity index (χ2n) is 4.90. The summed E-state index contributed by atoms with van der Waals surface area (Å²) < 4.78 is 0. The van der Waals surface area contributed by atoms with E-state index in [-0.39, 0.29) is 18.2 Å². The van der Waals surface area contributed by atoms with Gasteiger partial charge in [0.05, 0.1) is 4.92 Å². The van der Waals surface area contributed by atoms with Gasteiger partial charge in [-0.2, -0.15) is 0 Å². The summed E-state index contributed by atoms with van der Waals surface area (Å²) in [5.41, 5.74) is 1.14. The van der Waals surface area contributed by atoms with Crippen molar-refractivity contribution in [1.82, 2.24) is 0 Å². The van der Waals surface area contributed by atoms with E-state index in [0.717, 1.165) is 0 Å². The van der Waals surface area contributed by atoms with Gasteiger partial charge in [-0.25, -0.2) is 0 Å². The van der Waals surface area contributed by atoms with Gasteiger partial charge in [0, 0.05) is 23.9 Å². The average Bonchev–Trinajstić information content (AvgIpc) is 2.27. The SMILES string of the molecule is Cc1ccc(N(CC(=O)O)CC(C)C)cc1[N+](=O)[O-]. The Morgan fingerprint density at radius 1 is 1.47 bits per heavy atom. The first-order chi connectivity index (χ1) is 8.81. The van der Waals surface area contributed by atoms with E-state index in [1.165, 1.54) is 6.07 Å². The van der Waals surface area contributed by atoms with Crippen molar-refractivity contribution in [3.63, 3.8) is 0 Å². The maximum Gasteiger partial charge on any atom is 0.323 e. The second-order valence-corrected chi connectivity index (χ2v) is 4.90. The van der Waals surface area contributed by atoms with Gasteiger partial charge in [0.2, 0.25) is 0 Å². The molecule has 0 spiro atoms. The number of hydrogen-bond donors (Lipinski definition) is 1. The van der Waals surface area contributed by atoms with Crippen LogP contribution in [-0.2, 0) is 4.79 Å². The van der Waals surface area contributed by atoms with Gasteiger partial charge in [0.25, 0.3) is 5.69 Å². The van der Waals surface area contributed by atoms with Crippen LogP contribution in [0.5, 0.6) is 0 Å². The van der Waals surface area contributed by atoms with Crippen LogP contribution in [0.25, 0.3) is 0 Å². The molecule has 19 heavy (non-hydrogen) atoms. The molecule has 0 heterocycles. The summed E-state index contributed by atoms with van der Waals surface area (Å²) in [6.07, 6.45) is 0. The zero-order valence-electron chi connectivity index (χ0n) is 11.3. The van der Waals surface area contributed by atoms with Crippen LogP contribution in [0.15, 0.2) is 18.2 Å². The van der Waals surface area contributed by atoms with Gasteiger partial charge < -0.3 is 10.0 Å². The molecule has 0 fully saturated rings. The maximum absolute atomic E-state index is 10.9. The zero-order chi connectivity index (χ0) is 14.6. The summed E-state index contributed by atoms with van der Waals surface area (Å²) in [5.74, 6) is -0.691. The standard InChI is InChI=1S/C13H18N2O4/c1-9(2)7-14(8-13(16)17)11-5-4-10(3)12(6-11)15(18)19/h4-6,9H,7-8H2,1-3H3,(H,16,17). The molecule has 0 aliphatic carbocycles. The fourth-order valence-electron chi connectivity index (χ4n) is 1.86. The lowest BCUT2D eigenvalue weighted by molar-refractivity contribution is -0.385. The number of rotatable bonds is 6. The summed E-state index contributed by atoms with van der Waals surface area (Å²) >= 11 is 0. The minimum atomic E-state index is -0.955. The lowest BCUT2D eigenvalue weighted by atomic mass is 10.1. The van der Waals surface area contributed by atoms with E-state index in [0.29, 0.717) is 17.8 Å².